The molecule has 0 aliphatic carbocycles. The highest BCUT2D eigenvalue weighted by molar-refractivity contribution is 5.90. The Morgan fingerprint density at radius 2 is 1.91 bits per heavy atom. The summed E-state index contributed by atoms with van der Waals surface area (Å²) >= 11 is 0. The molecule has 1 aliphatic heterocycles. The van der Waals surface area contributed by atoms with E-state index in [4.69, 9.17) is 5.73 Å². The molecule has 4 rings (SSSR count). The Morgan fingerprint density at radius 3 is 2.53 bits per heavy atom. The number of hydrogen-bond acceptors (Lipinski definition) is 2. The molecule has 168 valence electrons. The van der Waals surface area contributed by atoms with E-state index >= 15 is 8.78 Å². The van der Waals surface area contributed by atoms with Crippen LogP contribution in [0, 0.1) is 11.6 Å². The van der Waals surface area contributed by atoms with Gasteiger partial charge in [-0.05, 0) is 62.6 Å². The molecule has 2 atom stereocenters. The summed E-state index contributed by atoms with van der Waals surface area (Å²) in [4.78, 5) is 16.1. The quantitative estimate of drug-likeness (QED) is 0.546. The summed E-state index contributed by atoms with van der Waals surface area (Å²) in [6.45, 7) is 4.88. The first-order valence-corrected chi connectivity index (χ1v) is 10.6. The Hall–Kier alpha value is -3.06. The van der Waals surface area contributed by atoms with Crippen LogP contribution in [0.5, 0.6) is 0 Å². The van der Waals surface area contributed by atoms with Gasteiger partial charge in [0.05, 0.1) is 6.04 Å². The molecule has 2 aromatic carbocycles. The molecule has 0 unspecified atom stereocenters. The van der Waals surface area contributed by atoms with Crippen molar-refractivity contribution < 1.29 is 18.0 Å². The van der Waals surface area contributed by atoms with Crippen LogP contribution in [0.3, 0.4) is 0 Å². The number of amides is 1. The molecule has 0 radical (unpaired) electrons. The van der Waals surface area contributed by atoms with Crippen molar-refractivity contribution >= 4 is 22.9 Å². The van der Waals surface area contributed by atoms with Crippen molar-refractivity contribution in [2.24, 2.45) is 5.73 Å². The largest absolute Gasteiger partial charge is 0.366 e. The van der Waals surface area contributed by atoms with Gasteiger partial charge in [0, 0.05) is 40.8 Å². The number of carbonyl (C=O) groups excluding carboxylic acids is 1. The molecule has 7 heteroatoms. The topological polar surface area (TPSA) is 62.1 Å². The van der Waals surface area contributed by atoms with Crippen LogP contribution in [-0.4, -0.2) is 34.0 Å². The summed E-state index contributed by atoms with van der Waals surface area (Å²) in [6, 6.07) is 9.08. The maximum Gasteiger partial charge on any atom is 0.241 e. The highest BCUT2D eigenvalue weighted by Crippen LogP contribution is 2.43. The molecular weight excluding hydrogens is 415 g/mol. The maximum atomic E-state index is 15.4. The Kier molecular flexibility index (Phi) is 5.63. The van der Waals surface area contributed by atoms with E-state index < -0.39 is 29.3 Å². The smallest absolute Gasteiger partial charge is 0.241 e. The van der Waals surface area contributed by atoms with Gasteiger partial charge in [-0.25, -0.2) is 13.2 Å². The van der Waals surface area contributed by atoms with E-state index in [0.29, 0.717) is 12.1 Å². The van der Waals surface area contributed by atoms with Crippen molar-refractivity contribution in [3.8, 4) is 0 Å². The summed E-state index contributed by atoms with van der Waals surface area (Å²) in [5.41, 5.74) is 6.09. The molecule has 0 spiro atoms. The summed E-state index contributed by atoms with van der Waals surface area (Å²) in [5.74, 6) is -2.24. The first-order chi connectivity index (χ1) is 15.0. The third-order valence-corrected chi connectivity index (χ3v) is 5.89. The van der Waals surface area contributed by atoms with E-state index in [1.165, 1.54) is 19.9 Å². The average molecular weight is 441 g/mol. The lowest BCUT2D eigenvalue weighted by atomic mass is 9.87. The van der Waals surface area contributed by atoms with Crippen molar-refractivity contribution in [2.75, 3.05) is 6.54 Å². The third kappa shape index (κ3) is 4.17. The summed E-state index contributed by atoms with van der Waals surface area (Å²) in [7, 11) is 0. The molecule has 0 saturated heterocycles. The lowest BCUT2D eigenvalue weighted by Crippen LogP contribution is -2.48. The second-order valence-electron chi connectivity index (χ2n) is 9.04. The minimum atomic E-state index is -1.56. The number of para-hydroxylation sites is 1. The van der Waals surface area contributed by atoms with Crippen LogP contribution in [0.1, 0.15) is 49.2 Å². The van der Waals surface area contributed by atoms with Crippen LogP contribution in [0.4, 0.5) is 13.2 Å². The predicted molar refractivity (Wildman–Crippen MR) is 120 cm³/mol. The van der Waals surface area contributed by atoms with Gasteiger partial charge in [0.2, 0.25) is 5.91 Å². The van der Waals surface area contributed by atoms with Crippen LogP contribution >= 0.6 is 0 Å². The van der Waals surface area contributed by atoms with E-state index in [1.54, 1.807) is 0 Å². The first kappa shape index (κ1) is 22.1. The van der Waals surface area contributed by atoms with Crippen molar-refractivity contribution in [3.05, 3.63) is 76.5 Å². The Morgan fingerprint density at radius 1 is 1.25 bits per heavy atom. The van der Waals surface area contributed by atoms with E-state index in [2.05, 4.69) is 4.98 Å². The minimum absolute atomic E-state index is 0.00977. The molecule has 2 heterocycles. The second-order valence-corrected chi connectivity index (χ2v) is 9.04. The van der Waals surface area contributed by atoms with Crippen LogP contribution in [-0.2, 0) is 11.2 Å². The fourth-order valence-corrected chi connectivity index (χ4v) is 4.64. The summed E-state index contributed by atoms with van der Waals surface area (Å²) in [5, 5.41) is 1.00. The first-order valence-electron chi connectivity index (χ1n) is 10.6. The van der Waals surface area contributed by atoms with Crippen molar-refractivity contribution in [2.45, 2.75) is 44.9 Å². The fourth-order valence-electron chi connectivity index (χ4n) is 4.64. The van der Waals surface area contributed by atoms with Crippen molar-refractivity contribution in [3.63, 3.8) is 0 Å². The molecule has 32 heavy (non-hydrogen) atoms. The number of carbonyl (C=O) groups is 1. The number of alkyl halides is 1. The molecule has 1 amide bonds. The Bertz CT molecular complexity index is 1190. The highest BCUT2D eigenvalue weighted by atomic mass is 19.1. The molecule has 4 nitrogen and oxygen atoms in total. The highest BCUT2D eigenvalue weighted by Gasteiger charge is 2.40. The number of aromatic nitrogens is 1. The zero-order chi connectivity index (χ0) is 23.2. The SMILES string of the molecule is C[C@@H]1Cc2c([nH]c3ccccc23)[C@@H](c2c(F)cc(/C=C/C(N)=O)cc2F)N1CC(C)(C)F. The minimum Gasteiger partial charge on any atom is -0.366 e. The number of halogens is 3. The molecule has 3 N–H and O–H groups in total. The number of H-pyrrole nitrogens is 1. The number of hydrogen-bond donors (Lipinski definition) is 2. The number of rotatable bonds is 5. The number of nitrogens with two attached hydrogens (primary N) is 1. The molecule has 1 aromatic heterocycles. The second kappa shape index (κ2) is 8.13. The van der Waals surface area contributed by atoms with Crippen LogP contribution in [0.25, 0.3) is 17.0 Å². The Labute approximate surface area is 184 Å². The zero-order valence-electron chi connectivity index (χ0n) is 18.3. The zero-order valence-corrected chi connectivity index (χ0v) is 18.3. The van der Waals surface area contributed by atoms with E-state index in [-0.39, 0.29) is 23.7 Å². The van der Waals surface area contributed by atoms with Gasteiger partial charge in [0.1, 0.15) is 17.3 Å². The van der Waals surface area contributed by atoms with Gasteiger partial charge in [-0.1, -0.05) is 18.2 Å². The number of benzene rings is 2. The van der Waals surface area contributed by atoms with E-state index in [9.17, 15) is 9.18 Å². The normalized spacial score (nSPS) is 19.6. The lowest BCUT2D eigenvalue weighted by Gasteiger charge is -2.43. The van der Waals surface area contributed by atoms with Gasteiger partial charge in [-0.2, -0.15) is 0 Å². The molecule has 3 aromatic rings. The van der Waals surface area contributed by atoms with Gasteiger partial charge in [0.25, 0.3) is 0 Å². The number of nitrogens with one attached hydrogen (secondary N) is 1. The molecule has 0 saturated carbocycles. The van der Waals surface area contributed by atoms with Crippen LogP contribution in [0.15, 0.2) is 42.5 Å². The lowest BCUT2D eigenvalue weighted by molar-refractivity contribution is -0.113. The number of aromatic amines is 1. The van der Waals surface area contributed by atoms with Crippen LogP contribution in [0.2, 0.25) is 0 Å². The van der Waals surface area contributed by atoms with Gasteiger partial charge in [0.15, 0.2) is 0 Å². The predicted octanol–water partition coefficient (Wildman–Crippen LogP) is 5.03. The molecule has 0 bridgehead atoms. The van der Waals surface area contributed by atoms with E-state index in [1.807, 2.05) is 36.1 Å². The third-order valence-electron chi connectivity index (χ3n) is 5.89. The standard InChI is InChI=1S/C25H26F3N3O/c1-14-10-17-16-6-4-5-7-20(16)30-23(17)24(31(14)13-25(2,3)28)22-18(26)11-15(12-19(22)27)8-9-21(29)32/h4-9,11-12,14,24,30H,10,13H2,1-3H3,(H2,29,32)/b9-8+/t14-,24-/m1/s1. The molecule has 0 fully saturated rings. The van der Waals surface area contributed by atoms with Crippen LogP contribution < -0.4 is 5.73 Å². The van der Waals surface area contributed by atoms with Gasteiger partial charge >= 0.3 is 0 Å². The summed E-state index contributed by atoms with van der Waals surface area (Å²) in [6.07, 6.45) is 2.94. The monoisotopic (exact) mass is 441 g/mol. The number of primary amides is 1. The Balaban J connectivity index is 1.92. The van der Waals surface area contributed by atoms with Gasteiger partial charge < -0.3 is 10.7 Å². The van der Waals surface area contributed by atoms with Gasteiger partial charge in [-0.15, -0.1) is 0 Å². The summed E-state index contributed by atoms with van der Waals surface area (Å²) < 4.78 is 45.5. The molecule has 1 aliphatic rings. The fraction of sp³-hybridized carbons (Fsp3) is 0.320. The molecular formula is C25H26F3N3O. The van der Waals surface area contributed by atoms with Gasteiger partial charge in [-0.3, -0.25) is 9.69 Å². The van der Waals surface area contributed by atoms with Crippen molar-refractivity contribution in [1.29, 1.82) is 0 Å². The number of nitrogens with zero attached hydrogens (tertiary/aromatic N) is 1. The maximum absolute atomic E-state index is 15.4. The average Bonchev–Trinajstić information content (AvgIpc) is 3.05. The van der Waals surface area contributed by atoms with Crippen molar-refractivity contribution in [1.82, 2.24) is 9.88 Å². The number of fused-ring (bicyclic) bond motifs is 3. The van der Waals surface area contributed by atoms with E-state index in [0.717, 1.165) is 34.7 Å².